The Kier molecular flexibility index (Phi) is 18.7. The number of carbonyl (C=O) groups is 2. The zero-order valence-corrected chi connectivity index (χ0v) is 45.7. The first-order valence-electron chi connectivity index (χ1n) is 26.4. The Hall–Kier alpha value is -4.50. The van der Waals surface area contributed by atoms with E-state index < -0.39 is 20.0 Å². The molecule has 0 spiro atoms. The maximum absolute atomic E-state index is 13.0. The van der Waals surface area contributed by atoms with Gasteiger partial charge in [-0.3, -0.25) is 19.4 Å². The number of hydrogen-bond donors (Lipinski definition) is 4. The Labute approximate surface area is 441 Å². The summed E-state index contributed by atoms with van der Waals surface area (Å²) in [5, 5.41) is 32.1. The van der Waals surface area contributed by atoms with Crippen LogP contribution in [0.5, 0.6) is 0 Å². The van der Waals surface area contributed by atoms with E-state index in [1.54, 1.807) is 36.4 Å². The van der Waals surface area contributed by atoms with E-state index in [-0.39, 0.29) is 34.4 Å². The molecule has 0 radical (unpaired) electrons. The van der Waals surface area contributed by atoms with Gasteiger partial charge in [-0.25, -0.2) is 26.7 Å². The number of fused-ring (bicyclic) bond motifs is 2. The molecule has 4 heterocycles. The average Bonchev–Trinajstić information content (AvgIpc) is 3.88. The fourth-order valence-electron chi connectivity index (χ4n) is 11.5. The zero-order chi connectivity index (χ0) is 51.7. The van der Waals surface area contributed by atoms with Crippen molar-refractivity contribution in [3.8, 4) is 12.1 Å². The summed E-state index contributed by atoms with van der Waals surface area (Å²) in [5.41, 5.74) is 4.71. The zero-order valence-electron chi connectivity index (χ0n) is 42.4. The van der Waals surface area contributed by atoms with Gasteiger partial charge in [-0.1, -0.05) is 82.1 Å². The summed E-state index contributed by atoms with van der Waals surface area (Å²) in [6.45, 7) is 8.70. The van der Waals surface area contributed by atoms with Crippen LogP contribution in [0.3, 0.4) is 0 Å². The molecule has 3 saturated carbocycles. The van der Waals surface area contributed by atoms with Crippen molar-refractivity contribution in [3.05, 3.63) is 91.7 Å². The predicted molar refractivity (Wildman–Crippen MR) is 289 cm³/mol. The minimum Gasteiger partial charge on any atom is -0.316 e. The third-order valence-electron chi connectivity index (χ3n) is 15.8. The first kappa shape index (κ1) is 54.8. The molecule has 18 heteroatoms. The molecule has 2 atom stereocenters. The number of primary sulfonamides is 1. The molecular formula is C55H72N8O6S4. The fraction of sp³-hybridized carbons (Fsp3) is 0.564. The van der Waals surface area contributed by atoms with Crippen molar-refractivity contribution in [1.29, 1.82) is 10.5 Å². The summed E-state index contributed by atoms with van der Waals surface area (Å²) in [5.74, 6) is 1.46. The molecule has 14 nitrogen and oxygen atoms in total. The Morgan fingerprint density at radius 1 is 0.603 bits per heavy atom. The van der Waals surface area contributed by atoms with Gasteiger partial charge in [0, 0.05) is 65.7 Å². The molecule has 3 aliphatic carbocycles. The highest BCUT2D eigenvalue weighted by atomic mass is 32.2. The van der Waals surface area contributed by atoms with Crippen LogP contribution in [0.2, 0.25) is 0 Å². The molecule has 2 aromatic heterocycles. The van der Waals surface area contributed by atoms with E-state index in [0.29, 0.717) is 51.2 Å². The van der Waals surface area contributed by atoms with Crippen molar-refractivity contribution in [2.45, 2.75) is 171 Å². The van der Waals surface area contributed by atoms with Gasteiger partial charge in [0.1, 0.15) is 22.1 Å². The highest BCUT2D eigenvalue weighted by Crippen LogP contribution is 2.41. The quantitative estimate of drug-likeness (QED) is 0.0883. The average molecular weight is 1070 g/mol. The van der Waals surface area contributed by atoms with E-state index in [9.17, 15) is 36.9 Å². The van der Waals surface area contributed by atoms with Gasteiger partial charge in [-0.2, -0.15) is 10.5 Å². The molecule has 0 saturated heterocycles. The van der Waals surface area contributed by atoms with Crippen LogP contribution in [0.25, 0.3) is 0 Å². The lowest BCUT2D eigenvalue weighted by Gasteiger charge is -2.37. The molecule has 2 aromatic carbocycles. The Balaban J connectivity index is 0.000000199. The van der Waals surface area contributed by atoms with Gasteiger partial charge >= 0.3 is 0 Å². The first-order chi connectivity index (χ1) is 35.1. The number of nitriles is 2. The maximum Gasteiger partial charge on any atom is 0.240 e. The molecule has 392 valence electrons. The number of hydrogen-bond acceptors (Lipinski definition) is 12. The van der Waals surface area contributed by atoms with E-state index in [0.717, 1.165) is 80.4 Å². The first-order valence-corrected chi connectivity index (χ1v) is 31.1. The number of sulfonamides is 2. The number of rotatable bonds is 15. The molecular weight excluding hydrogens is 997 g/mol. The smallest absolute Gasteiger partial charge is 0.240 e. The molecule has 73 heavy (non-hydrogen) atoms. The van der Waals surface area contributed by atoms with Gasteiger partial charge in [0.05, 0.1) is 33.8 Å². The molecule has 2 amide bonds. The van der Waals surface area contributed by atoms with Gasteiger partial charge in [-0.05, 0) is 118 Å². The Morgan fingerprint density at radius 2 is 0.986 bits per heavy atom. The van der Waals surface area contributed by atoms with Crippen LogP contribution in [0.4, 0.5) is 10.0 Å². The van der Waals surface area contributed by atoms with Gasteiger partial charge in [0.25, 0.3) is 0 Å². The summed E-state index contributed by atoms with van der Waals surface area (Å²) >= 11 is 3.04. The molecule has 5 aliphatic rings. The number of nitrogens with zero attached hydrogens (tertiary/aromatic N) is 4. The van der Waals surface area contributed by atoms with Gasteiger partial charge in [0.2, 0.25) is 31.9 Å². The SMILES string of the molecule is CC1Cc2sc(NC(=O)Cc3ccc(S(=O)(=O)NCC4CCCCC4)cc3)c(C#N)c2CN1CC1CCCCC1.CC1Cc2sc(NC(=O)Cc3ccc(S(N)(=O)=O)cc3)c(C#N)c2CN1CC1CCCCC1. The van der Waals surface area contributed by atoms with Crippen LogP contribution in [0.15, 0.2) is 58.3 Å². The molecule has 3 fully saturated rings. The fourth-order valence-corrected chi connectivity index (χ4v) is 15.7. The number of thiophene rings is 2. The summed E-state index contributed by atoms with van der Waals surface area (Å²) in [7, 11) is -7.34. The monoisotopic (exact) mass is 1070 g/mol. The minimum absolute atomic E-state index is 0.0104. The number of carbonyl (C=O) groups excluding carboxylic acids is 2. The Morgan fingerprint density at radius 3 is 1.37 bits per heavy atom. The minimum atomic E-state index is -3.77. The lowest BCUT2D eigenvalue weighted by atomic mass is 9.87. The van der Waals surface area contributed by atoms with E-state index in [1.165, 1.54) is 128 Å². The molecule has 2 aliphatic heterocycles. The van der Waals surface area contributed by atoms with Gasteiger partial charge in [-0.15, -0.1) is 22.7 Å². The van der Waals surface area contributed by atoms with E-state index >= 15 is 0 Å². The lowest BCUT2D eigenvalue weighted by Crippen LogP contribution is -2.41. The largest absolute Gasteiger partial charge is 0.316 e. The predicted octanol–water partition coefficient (Wildman–Crippen LogP) is 9.76. The van der Waals surface area contributed by atoms with Crippen molar-refractivity contribution < 1.29 is 26.4 Å². The number of nitrogens with two attached hydrogens (primary N) is 1. The molecule has 0 bridgehead atoms. The third-order valence-corrected chi connectivity index (χ3v) is 20.5. The highest BCUT2D eigenvalue weighted by molar-refractivity contribution is 7.89. The number of benzene rings is 2. The summed E-state index contributed by atoms with van der Waals surface area (Å²) in [4.78, 5) is 33.3. The van der Waals surface area contributed by atoms with Crippen LogP contribution in [-0.4, -0.2) is 70.2 Å². The lowest BCUT2D eigenvalue weighted by molar-refractivity contribution is -0.116. The van der Waals surface area contributed by atoms with Crippen LogP contribution in [-0.2, 0) is 68.4 Å². The second-order valence-electron chi connectivity index (χ2n) is 21.3. The van der Waals surface area contributed by atoms with Crippen molar-refractivity contribution in [3.63, 3.8) is 0 Å². The number of amides is 2. The molecule has 2 unspecified atom stereocenters. The highest BCUT2D eigenvalue weighted by Gasteiger charge is 2.33. The maximum atomic E-state index is 13.0. The van der Waals surface area contributed by atoms with E-state index in [2.05, 4.69) is 51.1 Å². The van der Waals surface area contributed by atoms with Crippen molar-refractivity contribution in [1.82, 2.24) is 14.5 Å². The van der Waals surface area contributed by atoms with Gasteiger partial charge in [0.15, 0.2) is 0 Å². The van der Waals surface area contributed by atoms with Gasteiger partial charge < -0.3 is 10.6 Å². The van der Waals surface area contributed by atoms with E-state index in [1.807, 2.05) is 0 Å². The number of nitrogens with one attached hydrogen (secondary N) is 3. The Bertz CT molecular complexity index is 2870. The van der Waals surface area contributed by atoms with Crippen LogP contribution in [0.1, 0.15) is 153 Å². The standard InChI is InChI=1S/C31H42N4O3S2.C24H30N4O3S2/c1-22-16-29-28(21-35(22)20-25-10-6-3-7-11-25)27(18-32)31(39-29)34-30(36)17-23-12-14-26(15-13-23)40(37,38)33-19-24-8-4-2-5-9-24;1-16-11-22-21(15-28(16)14-18-5-3-2-4-6-18)20(13-25)24(32-22)27-23(29)12-17-7-9-19(10-8-17)33(26,30)31/h12-15,22,24-25,33H,2-11,16-17,19-21H2,1H3,(H,34,36);7-10,16,18H,2-6,11-12,14-15H2,1H3,(H,27,29)(H2,26,30,31). The molecule has 4 aromatic rings. The van der Waals surface area contributed by atoms with Crippen LogP contribution in [0, 0.1) is 40.4 Å². The second kappa shape index (κ2) is 24.9. The third kappa shape index (κ3) is 14.5. The normalized spacial score (nSPS) is 20.4. The van der Waals surface area contributed by atoms with Crippen LogP contribution >= 0.6 is 22.7 Å². The van der Waals surface area contributed by atoms with E-state index in [4.69, 9.17) is 5.14 Å². The molecule has 5 N–H and O–H groups in total. The van der Waals surface area contributed by atoms with Crippen molar-refractivity contribution >= 4 is 64.5 Å². The summed E-state index contributed by atoms with van der Waals surface area (Å²) < 4.78 is 51.1. The molecule has 9 rings (SSSR count). The summed E-state index contributed by atoms with van der Waals surface area (Å²) in [6, 6.07) is 18.0. The summed E-state index contributed by atoms with van der Waals surface area (Å²) in [6.07, 6.45) is 20.9. The second-order valence-corrected chi connectivity index (χ2v) is 26.8. The topological polar surface area (TPSA) is 219 Å². The van der Waals surface area contributed by atoms with Crippen molar-refractivity contribution in [2.75, 3.05) is 30.3 Å². The van der Waals surface area contributed by atoms with Crippen LogP contribution < -0.4 is 20.5 Å². The number of anilines is 2. The van der Waals surface area contributed by atoms with Crippen molar-refractivity contribution in [2.24, 2.45) is 22.9 Å².